The quantitative estimate of drug-likeness (QED) is 0.891. The number of carbonyl (C=O) groups excluding carboxylic acids is 1. The molecule has 0 aliphatic carbocycles. The first-order chi connectivity index (χ1) is 9.75. The smallest absolute Gasteiger partial charge is 0.255 e. The monoisotopic (exact) mass is 352 g/mol. The molecular weight excluding hydrogens is 340 g/mol. The Bertz CT molecular complexity index is 642. The molecule has 1 aromatic heterocycles. The van der Waals surface area contributed by atoms with Gasteiger partial charge in [0.15, 0.2) is 5.75 Å². The minimum absolute atomic E-state index is 0.120. The van der Waals surface area contributed by atoms with Crippen molar-refractivity contribution in [3.63, 3.8) is 0 Å². The Morgan fingerprint density at radius 1 is 1.45 bits per heavy atom. The second-order valence-corrected chi connectivity index (χ2v) is 6.19. The molecule has 1 aliphatic rings. The van der Waals surface area contributed by atoms with E-state index in [1.54, 1.807) is 17.4 Å². The molecule has 0 saturated heterocycles. The first-order valence-corrected chi connectivity index (χ1v) is 7.93. The van der Waals surface area contributed by atoms with E-state index >= 15 is 0 Å². The van der Waals surface area contributed by atoms with Gasteiger partial charge in [0.05, 0.1) is 17.8 Å². The van der Waals surface area contributed by atoms with E-state index in [-0.39, 0.29) is 5.91 Å². The highest BCUT2D eigenvalue weighted by atomic mass is 79.9. The predicted octanol–water partition coefficient (Wildman–Crippen LogP) is 3.24. The summed E-state index contributed by atoms with van der Waals surface area (Å²) in [5.74, 6) is 0.521. The molecule has 0 saturated carbocycles. The summed E-state index contributed by atoms with van der Waals surface area (Å²) in [6.07, 6.45) is 0. The van der Waals surface area contributed by atoms with Crippen LogP contribution in [0.3, 0.4) is 0 Å². The molecule has 4 nitrogen and oxygen atoms in total. The maximum absolute atomic E-state index is 12.3. The number of fused-ring (bicyclic) bond motifs is 1. The van der Waals surface area contributed by atoms with Gasteiger partial charge in [-0.15, -0.1) is 11.3 Å². The third-order valence-electron chi connectivity index (χ3n) is 3.02. The molecule has 3 rings (SSSR count). The summed E-state index contributed by atoms with van der Waals surface area (Å²) in [5.41, 5.74) is 1.45. The van der Waals surface area contributed by atoms with E-state index < -0.39 is 0 Å². The van der Waals surface area contributed by atoms with Gasteiger partial charge in [0.1, 0.15) is 6.61 Å². The van der Waals surface area contributed by atoms with E-state index in [4.69, 9.17) is 4.74 Å². The summed E-state index contributed by atoms with van der Waals surface area (Å²) in [7, 11) is 0. The normalized spacial score (nSPS) is 13.1. The van der Waals surface area contributed by atoms with Gasteiger partial charge in [-0.2, -0.15) is 0 Å². The summed E-state index contributed by atoms with van der Waals surface area (Å²) in [5, 5.41) is 8.14. The molecular formula is C14H13BrN2O2S. The van der Waals surface area contributed by atoms with Gasteiger partial charge in [-0.25, -0.2) is 0 Å². The lowest BCUT2D eigenvalue weighted by molar-refractivity contribution is 0.0947. The van der Waals surface area contributed by atoms with Crippen LogP contribution in [0, 0.1) is 0 Å². The van der Waals surface area contributed by atoms with Crippen LogP contribution in [0.25, 0.3) is 0 Å². The zero-order chi connectivity index (χ0) is 13.9. The summed E-state index contributed by atoms with van der Waals surface area (Å²) >= 11 is 5.07. The van der Waals surface area contributed by atoms with Gasteiger partial charge >= 0.3 is 0 Å². The maximum Gasteiger partial charge on any atom is 0.255 e. The fraction of sp³-hybridized carbons (Fsp3) is 0.214. The largest absolute Gasteiger partial charge is 0.489 e. The fourth-order valence-corrected chi connectivity index (χ4v) is 3.49. The first kappa shape index (κ1) is 13.5. The molecule has 0 radical (unpaired) electrons. The number of anilines is 1. The number of hydrogen-bond donors (Lipinski definition) is 2. The third kappa shape index (κ3) is 2.66. The highest BCUT2D eigenvalue weighted by Gasteiger charge is 2.18. The number of hydrogen-bond acceptors (Lipinski definition) is 4. The average Bonchev–Trinajstić information content (AvgIpc) is 2.89. The Morgan fingerprint density at radius 2 is 2.35 bits per heavy atom. The lowest BCUT2D eigenvalue weighted by Gasteiger charge is -2.21. The van der Waals surface area contributed by atoms with Crippen LogP contribution in [0.15, 0.2) is 34.1 Å². The van der Waals surface area contributed by atoms with Crippen molar-refractivity contribution < 1.29 is 9.53 Å². The van der Waals surface area contributed by atoms with Gasteiger partial charge in [0.25, 0.3) is 5.91 Å². The molecule has 0 atom stereocenters. The summed E-state index contributed by atoms with van der Waals surface area (Å²) in [6, 6.07) is 7.53. The highest BCUT2D eigenvalue weighted by molar-refractivity contribution is 9.10. The molecule has 0 spiro atoms. The lowest BCUT2D eigenvalue weighted by atomic mass is 10.1. The van der Waals surface area contributed by atoms with Crippen molar-refractivity contribution in [2.24, 2.45) is 0 Å². The van der Waals surface area contributed by atoms with Crippen molar-refractivity contribution in [1.82, 2.24) is 5.32 Å². The number of amides is 1. The number of ether oxygens (including phenoxy) is 1. The van der Waals surface area contributed by atoms with Crippen LogP contribution in [-0.4, -0.2) is 19.1 Å². The number of para-hydroxylation sites is 1. The van der Waals surface area contributed by atoms with Gasteiger partial charge in [-0.3, -0.25) is 4.79 Å². The first-order valence-electron chi connectivity index (χ1n) is 6.25. The molecule has 20 heavy (non-hydrogen) atoms. The molecule has 2 heterocycles. The maximum atomic E-state index is 12.3. The SMILES string of the molecule is O=C(NCc1sccc1Br)c1cccc2c1OCCN2. The van der Waals surface area contributed by atoms with Crippen LogP contribution in [0.2, 0.25) is 0 Å². The Kier molecular flexibility index (Phi) is 3.93. The van der Waals surface area contributed by atoms with Gasteiger partial charge in [-0.1, -0.05) is 6.07 Å². The number of rotatable bonds is 3. The zero-order valence-electron chi connectivity index (χ0n) is 10.6. The highest BCUT2D eigenvalue weighted by Crippen LogP contribution is 2.31. The number of carbonyl (C=O) groups is 1. The van der Waals surface area contributed by atoms with Crippen LogP contribution in [0.4, 0.5) is 5.69 Å². The van der Waals surface area contributed by atoms with Crippen LogP contribution >= 0.6 is 27.3 Å². The number of benzene rings is 1. The van der Waals surface area contributed by atoms with Gasteiger partial charge in [0.2, 0.25) is 0 Å². The molecule has 6 heteroatoms. The summed E-state index contributed by atoms with van der Waals surface area (Å²) in [4.78, 5) is 13.4. The van der Waals surface area contributed by atoms with Crippen LogP contribution < -0.4 is 15.4 Å². The van der Waals surface area contributed by atoms with E-state index in [2.05, 4.69) is 26.6 Å². The lowest BCUT2D eigenvalue weighted by Crippen LogP contribution is -2.26. The van der Waals surface area contributed by atoms with Crippen molar-refractivity contribution in [2.75, 3.05) is 18.5 Å². The number of nitrogens with one attached hydrogen (secondary N) is 2. The van der Waals surface area contributed by atoms with E-state index in [1.165, 1.54) is 0 Å². The third-order valence-corrected chi connectivity index (χ3v) is 4.95. The van der Waals surface area contributed by atoms with Crippen molar-refractivity contribution >= 4 is 38.9 Å². The number of thiophene rings is 1. The fourth-order valence-electron chi connectivity index (χ4n) is 2.06. The predicted molar refractivity (Wildman–Crippen MR) is 83.6 cm³/mol. The minimum atomic E-state index is -0.120. The van der Waals surface area contributed by atoms with E-state index in [0.29, 0.717) is 24.5 Å². The molecule has 2 N–H and O–H groups in total. The minimum Gasteiger partial charge on any atom is -0.489 e. The van der Waals surface area contributed by atoms with Gasteiger partial charge in [0, 0.05) is 15.9 Å². The standard InChI is InChI=1S/C14H13BrN2O2S/c15-10-4-7-20-12(10)8-17-14(18)9-2-1-3-11-13(9)19-6-5-16-11/h1-4,7,16H,5-6,8H2,(H,17,18). The molecule has 104 valence electrons. The van der Waals surface area contributed by atoms with Crippen LogP contribution in [0.5, 0.6) is 5.75 Å². The summed E-state index contributed by atoms with van der Waals surface area (Å²) in [6.45, 7) is 1.85. The second kappa shape index (κ2) is 5.85. The molecule has 1 aromatic carbocycles. The number of halogens is 1. The Balaban J connectivity index is 1.76. The van der Waals surface area contributed by atoms with Gasteiger partial charge in [-0.05, 0) is 39.5 Å². The Hall–Kier alpha value is -1.53. The van der Waals surface area contributed by atoms with Crippen LogP contribution in [0.1, 0.15) is 15.2 Å². The summed E-state index contributed by atoms with van der Waals surface area (Å²) < 4.78 is 6.63. The van der Waals surface area contributed by atoms with Gasteiger partial charge < -0.3 is 15.4 Å². The van der Waals surface area contributed by atoms with E-state index in [0.717, 1.165) is 21.6 Å². The molecule has 1 aliphatic heterocycles. The van der Waals surface area contributed by atoms with Crippen molar-refractivity contribution in [3.8, 4) is 5.75 Å². The van der Waals surface area contributed by atoms with E-state index in [1.807, 2.05) is 23.6 Å². The van der Waals surface area contributed by atoms with Crippen molar-refractivity contribution in [1.29, 1.82) is 0 Å². The zero-order valence-corrected chi connectivity index (χ0v) is 13.0. The average molecular weight is 353 g/mol. The Morgan fingerprint density at radius 3 is 3.15 bits per heavy atom. The Labute approximate surface area is 129 Å². The van der Waals surface area contributed by atoms with E-state index in [9.17, 15) is 4.79 Å². The molecule has 2 aromatic rings. The topological polar surface area (TPSA) is 50.4 Å². The molecule has 0 bridgehead atoms. The molecule has 0 fully saturated rings. The molecule has 1 amide bonds. The van der Waals surface area contributed by atoms with Crippen molar-refractivity contribution in [2.45, 2.75) is 6.54 Å². The van der Waals surface area contributed by atoms with Crippen LogP contribution in [-0.2, 0) is 6.54 Å². The second-order valence-electron chi connectivity index (χ2n) is 4.33. The molecule has 0 unspecified atom stereocenters. The van der Waals surface area contributed by atoms with Crippen molar-refractivity contribution in [3.05, 3.63) is 44.6 Å².